The minimum absolute atomic E-state index is 0.145. The summed E-state index contributed by atoms with van der Waals surface area (Å²) >= 11 is 7.56. The number of anilines is 1. The second-order valence-electron chi connectivity index (χ2n) is 4.87. The van der Waals surface area contributed by atoms with Crippen LogP contribution in [0.1, 0.15) is 10.7 Å². The Kier molecular flexibility index (Phi) is 3.80. The predicted octanol–water partition coefficient (Wildman–Crippen LogP) is 3.88. The van der Waals surface area contributed by atoms with E-state index in [4.69, 9.17) is 21.7 Å². The third-order valence-electron chi connectivity index (χ3n) is 3.38. The first-order chi connectivity index (χ1) is 10.5. The number of halogens is 1. The molecule has 22 heavy (non-hydrogen) atoms. The van der Waals surface area contributed by atoms with Crippen molar-refractivity contribution in [3.63, 3.8) is 0 Å². The van der Waals surface area contributed by atoms with Crippen molar-refractivity contribution in [3.05, 3.63) is 45.1 Å². The lowest BCUT2D eigenvalue weighted by Crippen LogP contribution is -2.26. The Labute approximate surface area is 136 Å². The summed E-state index contributed by atoms with van der Waals surface area (Å²) in [5, 5.41) is 21.6. The Hall–Kier alpha value is -2.05. The Bertz CT molecular complexity index is 785. The van der Waals surface area contributed by atoms with Crippen LogP contribution in [0.3, 0.4) is 0 Å². The van der Waals surface area contributed by atoms with Gasteiger partial charge in [0.05, 0.1) is 24.3 Å². The first-order valence-electron chi connectivity index (χ1n) is 6.56. The zero-order chi connectivity index (χ0) is 15.9. The minimum Gasteiger partial charge on any atom is -0.510 e. The van der Waals surface area contributed by atoms with Crippen LogP contribution in [0.25, 0.3) is 5.57 Å². The zero-order valence-electron chi connectivity index (χ0n) is 12.1. The van der Waals surface area contributed by atoms with Crippen LogP contribution < -0.4 is 9.64 Å². The lowest BCUT2D eigenvalue weighted by Gasteiger charge is -2.19. The van der Waals surface area contributed by atoms with Gasteiger partial charge in [0.15, 0.2) is 0 Å². The van der Waals surface area contributed by atoms with Crippen molar-refractivity contribution in [2.75, 3.05) is 18.6 Å². The van der Waals surface area contributed by atoms with Gasteiger partial charge in [0.1, 0.15) is 22.4 Å². The van der Waals surface area contributed by atoms with Crippen LogP contribution in [-0.2, 0) is 0 Å². The van der Waals surface area contributed by atoms with E-state index < -0.39 is 0 Å². The molecule has 0 amide bonds. The van der Waals surface area contributed by atoms with Crippen LogP contribution >= 0.6 is 22.9 Å². The van der Waals surface area contributed by atoms with Gasteiger partial charge in [-0.3, -0.25) is 5.41 Å². The molecule has 1 aliphatic rings. The third-order valence-corrected chi connectivity index (χ3v) is 4.66. The molecular formula is C15H14ClN3O2S. The van der Waals surface area contributed by atoms with Crippen molar-refractivity contribution in [2.45, 2.75) is 6.92 Å². The van der Waals surface area contributed by atoms with Crippen LogP contribution in [0, 0.1) is 12.3 Å². The minimum atomic E-state index is 0.145. The van der Waals surface area contributed by atoms with Crippen LogP contribution in [0.5, 0.6) is 5.75 Å². The first kappa shape index (κ1) is 14.9. The van der Waals surface area contributed by atoms with Crippen LogP contribution in [0.4, 0.5) is 5.69 Å². The number of aromatic nitrogens is 1. The Morgan fingerprint density at radius 1 is 1.45 bits per heavy atom. The molecule has 0 aliphatic carbocycles. The second kappa shape index (κ2) is 5.62. The molecule has 3 rings (SSSR count). The highest BCUT2D eigenvalue weighted by molar-refractivity contribution is 7.11. The molecule has 2 aromatic rings. The number of methoxy groups -OCH3 is 1. The number of nitrogens with one attached hydrogen (secondary N) is 1. The summed E-state index contributed by atoms with van der Waals surface area (Å²) in [5.41, 5.74) is 2.08. The van der Waals surface area contributed by atoms with E-state index in [0.717, 1.165) is 11.4 Å². The van der Waals surface area contributed by atoms with E-state index in [-0.39, 0.29) is 18.1 Å². The maximum Gasteiger partial charge on any atom is 0.139 e. The van der Waals surface area contributed by atoms with Gasteiger partial charge in [-0.2, -0.15) is 0 Å². The summed E-state index contributed by atoms with van der Waals surface area (Å²) in [5.74, 6) is 0.934. The number of aryl methyl sites for hydroxylation is 1. The fourth-order valence-electron chi connectivity index (χ4n) is 2.32. The van der Waals surface area contributed by atoms with E-state index in [9.17, 15) is 5.11 Å². The van der Waals surface area contributed by atoms with E-state index in [1.807, 2.05) is 18.4 Å². The highest BCUT2D eigenvalue weighted by Gasteiger charge is 2.31. The van der Waals surface area contributed by atoms with Gasteiger partial charge in [-0.15, -0.1) is 11.3 Å². The fourth-order valence-corrected chi connectivity index (χ4v) is 3.43. The van der Waals surface area contributed by atoms with Crippen molar-refractivity contribution in [2.24, 2.45) is 0 Å². The molecule has 5 nitrogen and oxygen atoms in total. The number of hydrogen-bond donors (Lipinski definition) is 2. The van der Waals surface area contributed by atoms with Crippen molar-refractivity contribution in [3.8, 4) is 5.75 Å². The van der Waals surface area contributed by atoms with Gasteiger partial charge in [0.2, 0.25) is 0 Å². The Morgan fingerprint density at radius 2 is 2.23 bits per heavy atom. The van der Waals surface area contributed by atoms with Crippen LogP contribution in [0.2, 0.25) is 5.02 Å². The second-order valence-corrected chi connectivity index (χ2v) is 6.13. The summed E-state index contributed by atoms with van der Waals surface area (Å²) < 4.78 is 5.13. The molecule has 1 aromatic carbocycles. The molecule has 2 N–H and O–H groups in total. The van der Waals surface area contributed by atoms with Crippen molar-refractivity contribution < 1.29 is 9.84 Å². The molecular weight excluding hydrogens is 322 g/mol. The molecule has 0 saturated heterocycles. The van der Waals surface area contributed by atoms with Crippen molar-refractivity contribution in [1.29, 1.82) is 5.41 Å². The molecule has 0 bridgehead atoms. The van der Waals surface area contributed by atoms with E-state index in [1.54, 1.807) is 24.1 Å². The van der Waals surface area contributed by atoms with Crippen molar-refractivity contribution in [1.82, 2.24) is 4.98 Å². The van der Waals surface area contributed by atoms with Gasteiger partial charge in [-0.1, -0.05) is 11.6 Å². The topological polar surface area (TPSA) is 69.4 Å². The number of amidine groups is 1. The monoisotopic (exact) mass is 335 g/mol. The standard InChI is InChI=1S/C15H14ClN3O2S/c1-8-7-22-15(18-8)13-11(20)6-19(14(13)17)9-3-4-12(21-2)10(16)5-9/h3-5,7,17,20H,6H2,1-2H3. The van der Waals surface area contributed by atoms with Crippen LogP contribution in [0.15, 0.2) is 29.3 Å². The summed E-state index contributed by atoms with van der Waals surface area (Å²) in [7, 11) is 1.55. The quantitative estimate of drug-likeness (QED) is 0.893. The zero-order valence-corrected chi connectivity index (χ0v) is 13.6. The van der Waals surface area contributed by atoms with Gasteiger partial charge in [0.25, 0.3) is 0 Å². The molecule has 0 atom stereocenters. The Balaban J connectivity index is 1.93. The van der Waals surface area contributed by atoms with Gasteiger partial charge in [-0.05, 0) is 25.1 Å². The summed E-state index contributed by atoms with van der Waals surface area (Å²) in [6.07, 6.45) is 0. The molecule has 0 spiro atoms. The van der Waals surface area contributed by atoms with Gasteiger partial charge < -0.3 is 14.7 Å². The average Bonchev–Trinajstić information content (AvgIpc) is 3.02. The number of aliphatic hydroxyl groups is 1. The van der Waals surface area contributed by atoms with Gasteiger partial charge in [0, 0.05) is 16.8 Å². The van der Waals surface area contributed by atoms with Crippen LogP contribution in [-0.4, -0.2) is 29.6 Å². The first-order valence-corrected chi connectivity index (χ1v) is 7.81. The highest BCUT2D eigenvalue weighted by Crippen LogP contribution is 2.35. The normalized spacial score (nSPS) is 14.9. The summed E-state index contributed by atoms with van der Waals surface area (Å²) in [6, 6.07) is 5.27. The number of aliphatic hydroxyl groups excluding tert-OH is 1. The van der Waals surface area contributed by atoms with Crippen molar-refractivity contribution >= 4 is 40.0 Å². The fraction of sp³-hybridized carbons (Fsp3) is 0.200. The molecule has 114 valence electrons. The van der Waals surface area contributed by atoms with E-state index in [0.29, 0.717) is 21.4 Å². The Morgan fingerprint density at radius 3 is 2.82 bits per heavy atom. The molecule has 7 heteroatoms. The maximum absolute atomic E-state index is 10.2. The molecule has 0 fully saturated rings. The molecule has 2 heterocycles. The molecule has 0 radical (unpaired) electrons. The molecule has 1 aliphatic heterocycles. The molecule has 0 saturated carbocycles. The summed E-state index contributed by atoms with van der Waals surface area (Å²) in [4.78, 5) is 6.04. The average molecular weight is 336 g/mol. The van der Waals surface area contributed by atoms with Gasteiger partial charge in [-0.25, -0.2) is 4.98 Å². The number of rotatable bonds is 3. The molecule has 0 unspecified atom stereocenters. The number of hydrogen-bond acceptors (Lipinski definition) is 5. The largest absolute Gasteiger partial charge is 0.510 e. The number of nitrogens with zero attached hydrogens (tertiary/aromatic N) is 2. The van der Waals surface area contributed by atoms with E-state index in [2.05, 4.69) is 4.98 Å². The summed E-state index contributed by atoms with van der Waals surface area (Å²) in [6.45, 7) is 2.12. The maximum atomic E-state index is 10.2. The predicted molar refractivity (Wildman–Crippen MR) is 89.5 cm³/mol. The molecule has 1 aromatic heterocycles. The lowest BCUT2D eigenvalue weighted by molar-refractivity contribution is 0.411. The smallest absolute Gasteiger partial charge is 0.139 e. The van der Waals surface area contributed by atoms with E-state index >= 15 is 0 Å². The van der Waals surface area contributed by atoms with Gasteiger partial charge >= 0.3 is 0 Å². The van der Waals surface area contributed by atoms with E-state index in [1.165, 1.54) is 11.3 Å². The number of benzene rings is 1. The highest BCUT2D eigenvalue weighted by atomic mass is 35.5. The number of thiazole rings is 1. The number of ether oxygens (including phenoxy) is 1. The third kappa shape index (κ3) is 2.44. The SMILES string of the molecule is COc1ccc(N2CC(O)=C(c3nc(C)cs3)C2=N)cc1Cl. The lowest BCUT2D eigenvalue weighted by atomic mass is 10.2.